The predicted molar refractivity (Wildman–Crippen MR) is 216 cm³/mol. The SMILES string of the molecule is CC[C@@H]1C[C@H]2CCCCCc3nc4ccc(OC)cc4nc3O[C@H]3CN(C(=O)[C@H](C(C)(C)C)NC(=O)O[C@@H]2C1)[C@H](C(=O)N[C@]1(C(=O)NS(=O)(=O)C2CC2)C[C@H]1C(F)F)[C@@H]3C. The lowest BCUT2D eigenvalue weighted by atomic mass is 9.85. The number of aromatic nitrogens is 2. The van der Waals surface area contributed by atoms with Crippen LogP contribution in [0.5, 0.6) is 11.6 Å². The molecule has 330 valence electrons. The van der Waals surface area contributed by atoms with Gasteiger partial charge in [0.2, 0.25) is 34.1 Å². The molecule has 3 N–H and O–H groups in total. The first-order chi connectivity index (χ1) is 28.3. The van der Waals surface area contributed by atoms with E-state index in [0.717, 1.165) is 38.5 Å². The van der Waals surface area contributed by atoms with Gasteiger partial charge in [-0.25, -0.2) is 32.0 Å². The zero-order valence-electron chi connectivity index (χ0n) is 35.2. The number of benzene rings is 1. The molecule has 3 heterocycles. The first-order valence-electron chi connectivity index (χ1n) is 21.3. The van der Waals surface area contributed by atoms with Crippen LogP contribution in [0, 0.1) is 29.1 Å². The summed E-state index contributed by atoms with van der Waals surface area (Å²) in [6, 6.07) is 2.70. The first-order valence-corrected chi connectivity index (χ1v) is 22.8. The highest BCUT2D eigenvalue weighted by Crippen LogP contribution is 2.49. The number of aryl methyl sites for hydroxylation is 1. The molecule has 5 aliphatic rings. The summed E-state index contributed by atoms with van der Waals surface area (Å²) in [5, 5.41) is 4.48. The fourth-order valence-electron chi connectivity index (χ4n) is 9.28. The number of hydrogen-bond donors (Lipinski definition) is 3. The molecule has 7 rings (SSSR count). The third-order valence-electron chi connectivity index (χ3n) is 13.2. The number of carbonyl (C=O) groups excluding carboxylic acids is 4. The summed E-state index contributed by atoms with van der Waals surface area (Å²) in [6.07, 6.45) is 1.62. The van der Waals surface area contributed by atoms with Gasteiger partial charge in [0, 0.05) is 12.0 Å². The van der Waals surface area contributed by atoms with Crippen LogP contribution in [-0.4, -0.2) is 102 Å². The van der Waals surface area contributed by atoms with Crippen LogP contribution in [0.2, 0.25) is 0 Å². The number of fused-ring (bicyclic) bond motifs is 5. The van der Waals surface area contributed by atoms with Crippen molar-refractivity contribution < 1.29 is 50.6 Å². The normalized spacial score (nSPS) is 31.5. The molecule has 0 unspecified atom stereocenters. The number of alkyl halides is 2. The van der Waals surface area contributed by atoms with Crippen molar-refractivity contribution in [1.29, 1.82) is 0 Å². The van der Waals surface area contributed by atoms with Gasteiger partial charge in [0.25, 0.3) is 5.91 Å². The van der Waals surface area contributed by atoms with Gasteiger partial charge in [-0.15, -0.1) is 0 Å². The average molecular weight is 861 g/mol. The van der Waals surface area contributed by atoms with E-state index in [1.54, 1.807) is 39.8 Å². The maximum Gasteiger partial charge on any atom is 0.408 e. The molecule has 0 spiro atoms. The molecule has 15 nitrogen and oxygen atoms in total. The number of hydrogen-bond acceptors (Lipinski definition) is 11. The van der Waals surface area contributed by atoms with E-state index >= 15 is 0 Å². The fraction of sp³-hybridized carbons (Fsp3) is 0.714. The van der Waals surface area contributed by atoms with Crippen LogP contribution in [0.25, 0.3) is 11.0 Å². The summed E-state index contributed by atoms with van der Waals surface area (Å²) < 4.78 is 74.3. The Labute approximate surface area is 349 Å². The van der Waals surface area contributed by atoms with Gasteiger partial charge in [0.1, 0.15) is 41.3 Å². The van der Waals surface area contributed by atoms with Crippen molar-refractivity contribution in [2.24, 2.45) is 29.1 Å². The Hall–Kier alpha value is -4.35. The summed E-state index contributed by atoms with van der Waals surface area (Å²) in [5.41, 5.74) is -1.43. The topological polar surface area (TPSA) is 195 Å². The van der Waals surface area contributed by atoms with Crippen LogP contribution in [-0.2, 0) is 35.6 Å². The van der Waals surface area contributed by atoms with E-state index < -0.39 is 92.9 Å². The molecular weight excluding hydrogens is 803 g/mol. The van der Waals surface area contributed by atoms with Crippen molar-refractivity contribution in [2.75, 3.05) is 13.7 Å². The van der Waals surface area contributed by atoms with Crippen LogP contribution >= 0.6 is 0 Å². The van der Waals surface area contributed by atoms with E-state index in [1.165, 1.54) is 12.0 Å². The smallest absolute Gasteiger partial charge is 0.408 e. The van der Waals surface area contributed by atoms with E-state index in [4.69, 9.17) is 24.2 Å². The van der Waals surface area contributed by atoms with Crippen LogP contribution in [0.1, 0.15) is 105 Å². The van der Waals surface area contributed by atoms with Crippen molar-refractivity contribution in [3.8, 4) is 11.6 Å². The molecule has 1 saturated heterocycles. The number of rotatable bonds is 8. The third kappa shape index (κ3) is 8.99. The molecule has 3 aliphatic carbocycles. The molecule has 2 aromatic rings. The molecule has 18 heteroatoms. The Morgan fingerprint density at radius 2 is 1.80 bits per heavy atom. The minimum absolute atomic E-state index is 0.147. The molecule has 3 saturated carbocycles. The molecule has 2 bridgehead atoms. The van der Waals surface area contributed by atoms with Crippen LogP contribution in [0.4, 0.5) is 13.6 Å². The largest absolute Gasteiger partial charge is 0.497 e. The van der Waals surface area contributed by atoms with Crippen LogP contribution < -0.4 is 24.8 Å². The van der Waals surface area contributed by atoms with Gasteiger partial charge in [-0.05, 0) is 80.8 Å². The molecular formula is C42H58F2N6O9S. The molecule has 1 aromatic carbocycles. The fourth-order valence-corrected chi connectivity index (χ4v) is 10.6. The molecule has 0 radical (unpaired) electrons. The monoisotopic (exact) mass is 860 g/mol. The van der Waals surface area contributed by atoms with Crippen molar-refractivity contribution in [2.45, 2.75) is 147 Å². The van der Waals surface area contributed by atoms with E-state index in [2.05, 4.69) is 17.6 Å². The lowest BCUT2D eigenvalue weighted by molar-refractivity contribution is -0.143. The number of methoxy groups -OCH3 is 1. The number of nitrogens with zero attached hydrogens (tertiary/aromatic N) is 3. The Balaban J connectivity index is 1.26. The number of nitrogens with one attached hydrogen (secondary N) is 3. The molecule has 9 atom stereocenters. The maximum atomic E-state index is 14.9. The Bertz CT molecular complexity index is 2100. The molecule has 60 heavy (non-hydrogen) atoms. The van der Waals surface area contributed by atoms with E-state index in [0.29, 0.717) is 54.1 Å². The van der Waals surface area contributed by atoms with Gasteiger partial charge in [-0.3, -0.25) is 19.1 Å². The second kappa shape index (κ2) is 16.8. The minimum Gasteiger partial charge on any atom is -0.497 e. The van der Waals surface area contributed by atoms with E-state index in [1.807, 2.05) is 10.8 Å². The molecule has 2 aliphatic heterocycles. The lowest BCUT2D eigenvalue weighted by Gasteiger charge is -2.36. The van der Waals surface area contributed by atoms with Gasteiger partial charge in [0.15, 0.2) is 0 Å². The van der Waals surface area contributed by atoms with Crippen LogP contribution in [0.15, 0.2) is 18.2 Å². The summed E-state index contributed by atoms with van der Waals surface area (Å²) in [6.45, 7) is 8.89. The minimum atomic E-state index is -4.15. The Morgan fingerprint density at radius 3 is 2.45 bits per heavy atom. The summed E-state index contributed by atoms with van der Waals surface area (Å²) in [7, 11) is -2.61. The summed E-state index contributed by atoms with van der Waals surface area (Å²) in [4.78, 5) is 67.9. The Morgan fingerprint density at radius 1 is 1.05 bits per heavy atom. The zero-order chi connectivity index (χ0) is 43.3. The number of amides is 4. The van der Waals surface area contributed by atoms with Crippen molar-refractivity contribution in [1.82, 2.24) is 30.2 Å². The molecule has 4 amide bonds. The number of ether oxygens (including phenoxy) is 3. The molecule has 4 fully saturated rings. The highest BCUT2D eigenvalue weighted by Gasteiger charge is 2.67. The van der Waals surface area contributed by atoms with Crippen molar-refractivity contribution >= 4 is 44.9 Å². The standard InChI is InChI=1S/C42H58F2N6O9S/c1-7-23-17-24-11-9-8-10-12-29-37(46-30-19-25(57-6)13-16-28(30)45-29)58-32-21-50(38(52)34(41(3,4)5)47-40(54)59-31(24)18-23)33(22(32)2)36(51)48-42(20-27(42)35(43)44)39(53)49-60(55,56)26-14-15-26/h13,16,19,22-24,26-27,31-35H,7-12,14-15,17-18,20-21H2,1-6H3,(H,47,54)(H,48,51)(H,49,53)/t22-,23-,24-,27+,31-,32+,33+,34-,42-/m1/s1. The first kappa shape index (κ1) is 43.7. The quantitative estimate of drug-likeness (QED) is 0.322. The Kier molecular flexibility index (Phi) is 12.3. The summed E-state index contributed by atoms with van der Waals surface area (Å²) >= 11 is 0. The van der Waals surface area contributed by atoms with Gasteiger partial charge in [0.05, 0.1) is 35.9 Å². The number of carbonyl (C=O) groups is 4. The van der Waals surface area contributed by atoms with Gasteiger partial charge in [-0.2, -0.15) is 0 Å². The van der Waals surface area contributed by atoms with Crippen molar-refractivity contribution in [3.05, 3.63) is 23.9 Å². The summed E-state index contributed by atoms with van der Waals surface area (Å²) in [5.74, 6) is -4.04. The molecule has 1 aromatic heterocycles. The lowest BCUT2D eigenvalue weighted by Crippen LogP contribution is -2.61. The second-order valence-electron chi connectivity index (χ2n) is 18.6. The van der Waals surface area contributed by atoms with E-state index in [9.17, 15) is 36.4 Å². The average Bonchev–Trinajstić information content (AvgIpc) is 4.10. The number of halogens is 2. The van der Waals surface area contributed by atoms with Gasteiger partial charge < -0.3 is 29.7 Å². The zero-order valence-corrected chi connectivity index (χ0v) is 36.0. The van der Waals surface area contributed by atoms with Crippen molar-refractivity contribution in [3.63, 3.8) is 0 Å². The van der Waals surface area contributed by atoms with E-state index in [-0.39, 0.29) is 24.4 Å². The van der Waals surface area contributed by atoms with Gasteiger partial charge in [-0.1, -0.05) is 53.9 Å². The van der Waals surface area contributed by atoms with Gasteiger partial charge >= 0.3 is 6.09 Å². The number of alkyl carbamates (subject to hydrolysis) is 1. The third-order valence-corrected chi connectivity index (χ3v) is 15.0. The second-order valence-corrected chi connectivity index (χ2v) is 20.5. The number of sulfonamides is 1. The van der Waals surface area contributed by atoms with Crippen LogP contribution in [0.3, 0.4) is 0 Å². The predicted octanol–water partition coefficient (Wildman–Crippen LogP) is 5.04. The highest BCUT2D eigenvalue weighted by molar-refractivity contribution is 7.91. The maximum absolute atomic E-state index is 14.9. The highest BCUT2D eigenvalue weighted by atomic mass is 32.2.